The Balaban J connectivity index is 1.76. The SMILES string of the molecule is CC(NC(=O)c1ccccc1NC(=O)c1cccs1)c1ccc(F)c(F)c1. The summed E-state index contributed by atoms with van der Waals surface area (Å²) in [6.07, 6.45) is 0. The average Bonchev–Trinajstić information content (AvgIpc) is 3.19. The maximum absolute atomic E-state index is 13.4. The first-order valence-corrected chi connectivity index (χ1v) is 9.03. The third-order valence-electron chi connectivity index (χ3n) is 3.96. The van der Waals surface area contributed by atoms with Crippen molar-refractivity contribution in [3.8, 4) is 0 Å². The Hall–Kier alpha value is -3.06. The summed E-state index contributed by atoms with van der Waals surface area (Å²) in [6, 6.07) is 13.0. The Bertz CT molecular complexity index is 974. The maximum atomic E-state index is 13.4. The number of para-hydroxylation sites is 1. The van der Waals surface area contributed by atoms with Gasteiger partial charge < -0.3 is 10.6 Å². The predicted octanol–water partition coefficient (Wildman–Crippen LogP) is 4.77. The lowest BCUT2D eigenvalue weighted by Gasteiger charge is -2.16. The van der Waals surface area contributed by atoms with E-state index in [-0.39, 0.29) is 11.5 Å². The number of benzene rings is 2. The molecule has 2 N–H and O–H groups in total. The third kappa shape index (κ3) is 4.38. The Labute approximate surface area is 158 Å². The first-order valence-electron chi connectivity index (χ1n) is 8.15. The van der Waals surface area contributed by atoms with E-state index in [1.165, 1.54) is 17.4 Å². The number of thiophene rings is 1. The monoisotopic (exact) mass is 386 g/mol. The first kappa shape index (κ1) is 18.7. The summed E-state index contributed by atoms with van der Waals surface area (Å²) in [5.41, 5.74) is 1.07. The lowest BCUT2D eigenvalue weighted by Crippen LogP contribution is -2.28. The molecule has 0 aliphatic heterocycles. The number of amides is 2. The highest BCUT2D eigenvalue weighted by Crippen LogP contribution is 2.20. The number of carbonyl (C=O) groups is 2. The summed E-state index contributed by atoms with van der Waals surface area (Å²) in [4.78, 5) is 25.4. The molecule has 27 heavy (non-hydrogen) atoms. The zero-order chi connectivity index (χ0) is 19.4. The van der Waals surface area contributed by atoms with Gasteiger partial charge in [0, 0.05) is 0 Å². The van der Waals surface area contributed by atoms with Crippen LogP contribution in [0.2, 0.25) is 0 Å². The van der Waals surface area contributed by atoms with Crippen molar-refractivity contribution in [2.75, 3.05) is 5.32 Å². The zero-order valence-corrected chi connectivity index (χ0v) is 15.1. The van der Waals surface area contributed by atoms with Crippen LogP contribution < -0.4 is 10.6 Å². The first-order chi connectivity index (χ1) is 13.0. The number of hydrogen-bond donors (Lipinski definition) is 2. The number of halogens is 2. The van der Waals surface area contributed by atoms with E-state index in [2.05, 4.69) is 10.6 Å². The molecule has 138 valence electrons. The normalized spacial score (nSPS) is 11.7. The molecule has 1 heterocycles. The van der Waals surface area contributed by atoms with Crippen LogP contribution in [-0.2, 0) is 0 Å². The molecule has 0 saturated carbocycles. The van der Waals surface area contributed by atoms with Gasteiger partial charge in [-0.15, -0.1) is 11.3 Å². The number of anilines is 1. The van der Waals surface area contributed by atoms with Gasteiger partial charge in [-0.05, 0) is 48.2 Å². The lowest BCUT2D eigenvalue weighted by atomic mass is 10.1. The molecule has 1 unspecified atom stereocenters. The van der Waals surface area contributed by atoms with Gasteiger partial charge in [0.25, 0.3) is 11.8 Å². The van der Waals surface area contributed by atoms with Gasteiger partial charge in [0.2, 0.25) is 0 Å². The molecule has 1 aromatic heterocycles. The summed E-state index contributed by atoms with van der Waals surface area (Å²) in [5, 5.41) is 7.24. The molecule has 7 heteroatoms. The van der Waals surface area contributed by atoms with Gasteiger partial charge >= 0.3 is 0 Å². The van der Waals surface area contributed by atoms with Crippen molar-refractivity contribution in [1.29, 1.82) is 0 Å². The molecule has 0 spiro atoms. The largest absolute Gasteiger partial charge is 0.345 e. The summed E-state index contributed by atoms with van der Waals surface area (Å²) in [7, 11) is 0. The average molecular weight is 386 g/mol. The zero-order valence-electron chi connectivity index (χ0n) is 14.3. The molecule has 4 nitrogen and oxygen atoms in total. The van der Waals surface area contributed by atoms with Crippen LogP contribution in [0.3, 0.4) is 0 Å². The Kier molecular flexibility index (Phi) is 5.61. The molecule has 2 aromatic carbocycles. The molecule has 1 atom stereocenters. The lowest BCUT2D eigenvalue weighted by molar-refractivity contribution is 0.0940. The van der Waals surface area contributed by atoms with Crippen LogP contribution in [0.15, 0.2) is 60.0 Å². The predicted molar refractivity (Wildman–Crippen MR) is 101 cm³/mol. The van der Waals surface area contributed by atoms with Crippen molar-refractivity contribution >= 4 is 28.8 Å². The third-order valence-corrected chi connectivity index (χ3v) is 4.82. The van der Waals surface area contributed by atoms with E-state index in [9.17, 15) is 18.4 Å². The summed E-state index contributed by atoms with van der Waals surface area (Å²) < 4.78 is 26.5. The van der Waals surface area contributed by atoms with Gasteiger partial charge in [-0.25, -0.2) is 8.78 Å². The van der Waals surface area contributed by atoms with Crippen molar-refractivity contribution in [3.63, 3.8) is 0 Å². The quantitative estimate of drug-likeness (QED) is 0.664. The van der Waals surface area contributed by atoms with Crippen molar-refractivity contribution in [2.24, 2.45) is 0 Å². The van der Waals surface area contributed by atoms with E-state index in [0.29, 0.717) is 16.1 Å². The van der Waals surface area contributed by atoms with Gasteiger partial charge in [0.1, 0.15) is 0 Å². The maximum Gasteiger partial charge on any atom is 0.265 e. The second-order valence-corrected chi connectivity index (χ2v) is 6.79. The van der Waals surface area contributed by atoms with Crippen molar-refractivity contribution in [3.05, 3.63) is 87.6 Å². The van der Waals surface area contributed by atoms with Gasteiger partial charge in [-0.3, -0.25) is 9.59 Å². The van der Waals surface area contributed by atoms with E-state index in [1.54, 1.807) is 48.7 Å². The van der Waals surface area contributed by atoms with Crippen LogP contribution in [0.5, 0.6) is 0 Å². The van der Waals surface area contributed by atoms with E-state index in [1.807, 2.05) is 0 Å². The summed E-state index contributed by atoms with van der Waals surface area (Å²) >= 11 is 1.30. The van der Waals surface area contributed by atoms with Crippen LogP contribution in [0.25, 0.3) is 0 Å². The Morgan fingerprint density at radius 2 is 1.74 bits per heavy atom. The minimum atomic E-state index is -0.975. The molecule has 0 bridgehead atoms. The van der Waals surface area contributed by atoms with Crippen molar-refractivity contribution in [2.45, 2.75) is 13.0 Å². The highest BCUT2D eigenvalue weighted by molar-refractivity contribution is 7.12. The van der Waals surface area contributed by atoms with Crippen LogP contribution in [0.4, 0.5) is 14.5 Å². The smallest absolute Gasteiger partial charge is 0.265 e. The minimum Gasteiger partial charge on any atom is -0.345 e. The molecular formula is C20H16F2N2O2S. The molecular weight excluding hydrogens is 370 g/mol. The van der Waals surface area contributed by atoms with Gasteiger partial charge in [-0.1, -0.05) is 24.3 Å². The minimum absolute atomic E-state index is 0.275. The topological polar surface area (TPSA) is 58.2 Å². The highest BCUT2D eigenvalue weighted by Gasteiger charge is 2.17. The molecule has 0 fully saturated rings. The number of hydrogen-bond acceptors (Lipinski definition) is 3. The van der Waals surface area contributed by atoms with Crippen LogP contribution in [0.1, 0.15) is 38.6 Å². The Morgan fingerprint density at radius 1 is 0.963 bits per heavy atom. The molecule has 3 aromatic rings. The van der Waals surface area contributed by atoms with Crippen molar-refractivity contribution in [1.82, 2.24) is 5.32 Å². The van der Waals surface area contributed by atoms with Crippen LogP contribution >= 0.6 is 11.3 Å². The standard InChI is InChI=1S/C20H16F2N2O2S/c1-12(13-8-9-15(21)16(22)11-13)23-19(25)14-5-2-3-6-17(14)24-20(26)18-7-4-10-27-18/h2-12H,1H3,(H,23,25)(H,24,26). The van der Waals surface area contributed by atoms with Crippen LogP contribution in [0, 0.1) is 11.6 Å². The second kappa shape index (κ2) is 8.09. The molecule has 0 aliphatic carbocycles. The van der Waals surface area contributed by atoms with E-state index in [0.717, 1.165) is 12.1 Å². The molecule has 2 amide bonds. The van der Waals surface area contributed by atoms with E-state index in [4.69, 9.17) is 0 Å². The summed E-state index contributed by atoms with van der Waals surface area (Å²) in [5.74, 6) is -2.66. The van der Waals surface area contributed by atoms with Gasteiger partial charge in [0.05, 0.1) is 22.2 Å². The highest BCUT2D eigenvalue weighted by atomic mass is 32.1. The fraction of sp³-hybridized carbons (Fsp3) is 0.100. The summed E-state index contributed by atoms with van der Waals surface area (Å²) in [6.45, 7) is 1.66. The molecule has 0 radical (unpaired) electrons. The van der Waals surface area contributed by atoms with E-state index >= 15 is 0 Å². The molecule has 3 rings (SSSR count). The fourth-order valence-electron chi connectivity index (χ4n) is 2.52. The number of nitrogens with one attached hydrogen (secondary N) is 2. The molecule has 0 saturated heterocycles. The number of rotatable bonds is 5. The van der Waals surface area contributed by atoms with Crippen LogP contribution in [-0.4, -0.2) is 11.8 Å². The van der Waals surface area contributed by atoms with E-state index < -0.39 is 23.6 Å². The second-order valence-electron chi connectivity index (χ2n) is 5.85. The Morgan fingerprint density at radius 3 is 2.44 bits per heavy atom. The van der Waals surface area contributed by atoms with Gasteiger partial charge in [-0.2, -0.15) is 0 Å². The van der Waals surface area contributed by atoms with Crippen molar-refractivity contribution < 1.29 is 18.4 Å². The molecule has 0 aliphatic rings. The fourth-order valence-corrected chi connectivity index (χ4v) is 3.14. The van der Waals surface area contributed by atoms with Gasteiger partial charge in [0.15, 0.2) is 11.6 Å². The number of carbonyl (C=O) groups excluding carboxylic acids is 2.